The summed E-state index contributed by atoms with van der Waals surface area (Å²) in [6, 6.07) is 10.3. The molecule has 19 heavy (non-hydrogen) atoms. The second-order valence-corrected chi connectivity index (χ2v) is 5.05. The number of hydrogen-bond donors (Lipinski definition) is 1. The van der Waals surface area contributed by atoms with E-state index in [1.807, 2.05) is 30.7 Å². The predicted molar refractivity (Wildman–Crippen MR) is 73.8 cm³/mol. The fourth-order valence-corrected chi connectivity index (χ4v) is 2.75. The molecular weight excluding hydrogens is 238 g/mol. The van der Waals surface area contributed by atoms with Crippen molar-refractivity contribution in [1.82, 2.24) is 9.55 Å². The fourth-order valence-electron chi connectivity index (χ4n) is 2.75. The molecule has 1 aliphatic rings. The molecular formula is C15H19N3O. The zero-order valence-corrected chi connectivity index (χ0v) is 11.1. The maximum Gasteiger partial charge on any atom is 0.0952 e. The lowest BCUT2D eigenvalue weighted by Crippen LogP contribution is -2.23. The van der Waals surface area contributed by atoms with Crippen molar-refractivity contribution < 1.29 is 4.74 Å². The zero-order valence-electron chi connectivity index (χ0n) is 11.1. The highest BCUT2D eigenvalue weighted by Gasteiger charge is 2.28. The number of benzene rings is 1. The Morgan fingerprint density at radius 2 is 2.16 bits per heavy atom. The number of rotatable bonds is 3. The number of aromatic nitrogens is 2. The number of nitrogens with two attached hydrogens (primary N) is 1. The number of ether oxygens (including phenoxy) is 1. The first-order valence-electron chi connectivity index (χ1n) is 6.71. The summed E-state index contributed by atoms with van der Waals surface area (Å²) < 4.78 is 7.82. The van der Waals surface area contributed by atoms with Crippen LogP contribution in [0.3, 0.4) is 0 Å². The van der Waals surface area contributed by atoms with Gasteiger partial charge in [-0.3, -0.25) is 0 Å². The molecule has 1 aliphatic heterocycles. The topological polar surface area (TPSA) is 53.1 Å². The van der Waals surface area contributed by atoms with Gasteiger partial charge in [-0.05, 0) is 18.9 Å². The lowest BCUT2D eigenvalue weighted by atomic mass is 10.0. The standard InChI is InChI=1S/C15H19N3O/c1-11-13(7-8-19-11)18-10-17-9-14(18)15(16)12-5-3-2-4-6-12/h2-6,9-11,13,15H,7-8,16H2,1H3. The molecule has 0 radical (unpaired) electrons. The Morgan fingerprint density at radius 1 is 1.37 bits per heavy atom. The van der Waals surface area contributed by atoms with Crippen LogP contribution in [0, 0.1) is 0 Å². The van der Waals surface area contributed by atoms with E-state index in [2.05, 4.69) is 28.6 Å². The van der Waals surface area contributed by atoms with E-state index in [4.69, 9.17) is 10.5 Å². The molecule has 4 heteroatoms. The molecule has 3 rings (SSSR count). The average molecular weight is 257 g/mol. The molecule has 1 saturated heterocycles. The van der Waals surface area contributed by atoms with Gasteiger partial charge in [0.15, 0.2) is 0 Å². The van der Waals surface area contributed by atoms with Crippen molar-refractivity contribution in [3.05, 3.63) is 54.1 Å². The largest absolute Gasteiger partial charge is 0.376 e. The van der Waals surface area contributed by atoms with E-state index in [-0.39, 0.29) is 12.1 Å². The number of imidazole rings is 1. The van der Waals surface area contributed by atoms with Gasteiger partial charge in [0.1, 0.15) is 0 Å². The van der Waals surface area contributed by atoms with E-state index in [0.717, 1.165) is 24.3 Å². The third kappa shape index (κ3) is 2.29. The molecule has 1 aromatic heterocycles. The average Bonchev–Trinajstić information content (AvgIpc) is 3.07. The van der Waals surface area contributed by atoms with Gasteiger partial charge < -0.3 is 15.0 Å². The van der Waals surface area contributed by atoms with Crippen LogP contribution in [0.2, 0.25) is 0 Å². The summed E-state index contributed by atoms with van der Waals surface area (Å²) in [5, 5.41) is 0. The van der Waals surface area contributed by atoms with Gasteiger partial charge in [-0.25, -0.2) is 4.98 Å². The Bertz CT molecular complexity index is 537. The summed E-state index contributed by atoms with van der Waals surface area (Å²) in [6.07, 6.45) is 4.97. The van der Waals surface area contributed by atoms with E-state index in [1.165, 1.54) is 0 Å². The lowest BCUT2D eigenvalue weighted by molar-refractivity contribution is 0.107. The van der Waals surface area contributed by atoms with E-state index in [1.54, 1.807) is 0 Å². The molecule has 4 nitrogen and oxygen atoms in total. The summed E-state index contributed by atoms with van der Waals surface area (Å²) in [5.74, 6) is 0. The highest BCUT2D eigenvalue weighted by Crippen LogP contribution is 2.30. The minimum atomic E-state index is -0.142. The van der Waals surface area contributed by atoms with Crippen LogP contribution in [0.5, 0.6) is 0 Å². The van der Waals surface area contributed by atoms with Crippen LogP contribution >= 0.6 is 0 Å². The smallest absolute Gasteiger partial charge is 0.0952 e. The summed E-state index contributed by atoms with van der Waals surface area (Å²) in [4.78, 5) is 4.28. The quantitative estimate of drug-likeness (QED) is 0.917. The maximum absolute atomic E-state index is 6.37. The highest BCUT2D eigenvalue weighted by molar-refractivity contribution is 5.26. The van der Waals surface area contributed by atoms with E-state index in [0.29, 0.717) is 6.04 Å². The van der Waals surface area contributed by atoms with E-state index in [9.17, 15) is 0 Å². The van der Waals surface area contributed by atoms with E-state index >= 15 is 0 Å². The monoisotopic (exact) mass is 257 g/mol. The molecule has 0 spiro atoms. The molecule has 0 aliphatic carbocycles. The molecule has 100 valence electrons. The Labute approximate surface area is 113 Å². The minimum absolute atomic E-state index is 0.142. The normalized spacial score (nSPS) is 24.5. The second kappa shape index (κ2) is 5.15. The van der Waals surface area contributed by atoms with Crippen molar-refractivity contribution in [2.75, 3.05) is 6.61 Å². The second-order valence-electron chi connectivity index (χ2n) is 5.05. The van der Waals surface area contributed by atoms with Crippen molar-refractivity contribution in [2.24, 2.45) is 5.73 Å². The Balaban J connectivity index is 1.92. The van der Waals surface area contributed by atoms with Crippen LogP contribution in [-0.2, 0) is 4.74 Å². The third-order valence-electron chi connectivity index (χ3n) is 3.87. The third-order valence-corrected chi connectivity index (χ3v) is 3.87. The molecule has 2 heterocycles. The van der Waals surface area contributed by atoms with Crippen molar-refractivity contribution in [2.45, 2.75) is 31.5 Å². The Hall–Kier alpha value is -1.65. The van der Waals surface area contributed by atoms with Gasteiger partial charge in [0.05, 0.1) is 36.4 Å². The molecule has 0 amide bonds. The first-order valence-corrected chi connectivity index (χ1v) is 6.71. The van der Waals surface area contributed by atoms with Gasteiger partial charge in [0.2, 0.25) is 0 Å². The van der Waals surface area contributed by atoms with Crippen molar-refractivity contribution in [1.29, 1.82) is 0 Å². The van der Waals surface area contributed by atoms with Crippen LogP contribution in [-0.4, -0.2) is 22.3 Å². The zero-order chi connectivity index (χ0) is 13.2. The number of hydrogen-bond acceptors (Lipinski definition) is 3. The van der Waals surface area contributed by atoms with Gasteiger partial charge in [0.25, 0.3) is 0 Å². The van der Waals surface area contributed by atoms with Crippen molar-refractivity contribution in [3.8, 4) is 0 Å². The van der Waals surface area contributed by atoms with Crippen molar-refractivity contribution in [3.63, 3.8) is 0 Å². The Kier molecular flexibility index (Phi) is 3.36. The molecule has 0 saturated carbocycles. The molecule has 0 bridgehead atoms. The molecule has 1 fully saturated rings. The molecule has 3 unspecified atom stereocenters. The molecule has 1 aromatic carbocycles. The van der Waals surface area contributed by atoms with Gasteiger partial charge in [-0.2, -0.15) is 0 Å². The van der Waals surface area contributed by atoms with Crippen LogP contribution in [0.15, 0.2) is 42.9 Å². The summed E-state index contributed by atoms with van der Waals surface area (Å²) >= 11 is 0. The van der Waals surface area contributed by atoms with Crippen LogP contribution in [0.25, 0.3) is 0 Å². The first kappa shape index (κ1) is 12.4. The summed E-state index contributed by atoms with van der Waals surface area (Å²) in [7, 11) is 0. The van der Waals surface area contributed by atoms with Crippen LogP contribution < -0.4 is 5.73 Å². The fraction of sp³-hybridized carbons (Fsp3) is 0.400. The van der Waals surface area contributed by atoms with Crippen LogP contribution in [0.1, 0.15) is 36.7 Å². The minimum Gasteiger partial charge on any atom is -0.376 e. The number of nitrogens with zero attached hydrogens (tertiary/aromatic N) is 2. The molecule has 2 aromatic rings. The first-order chi connectivity index (χ1) is 9.27. The van der Waals surface area contributed by atoms with Gasteiger partial charge in [0, 0.05) is 6.61 Å². The van der Waals surface area contributed by atoms with Gasteiger partial charge in [-0.1, -0.05) is 30.3 Å². The summed E-state index contributed by atoms with van der Waals surface area (Å²) in [6.45, 7) is 2.92. The van der Waals surface area contributed by atoms with Crippen LogP contribution in [0.4, 0.5) is 0 Å². The highest BCUT2D eigenvalue weighted by atomic mass is 16.5. The van der Waals surface area contributed by atoms with E-state index < -0.39 is 0 Å². The molecule has 2 N–H and O–H groups in total. The maximum atomic E-state index is 6.37. The Morgan fingerprint density at radius 3 is 2.84 bits per heavy atom. The molecule has 3 atom stereocenters. The lowest BCUT2D eigenvalue weighted by Gasteiger charge is -2.21. The SMILES string of the molecule is CC1OCCC1n1cncc1C(N)c1ccccc1. The summed E-state index contributed by atoms with van der Waals surface area (Å²) in [5.41, 5.74) is 8.53. The van der Waals surface area contributed by atoms with Crippen molar-refractivity contribution >= 4 is 0 Å². The predicted octanol–water partition coefficient (Wildman–Crippen LogP) is 2.28. The van der Waals surface area contributed by atoms with Gasteiger partial charge in [-0.15, -0.1) is 0 Å². The van der Waals surface area contributed by atoms with Gasteiger partial charge >= 0.3 is 0 Å².